The molecule has 144 valence electrons. The van der Waals surface area contributed by atoms with E-state index in [1.807, 2.05) is 26.1 Å². The van der Waals surface area contributed by atoms with Crippen LogP contribution in [-0.4, -0.2) is 81.3 Å². The highest BCUT2D eigenvalue weighted by atomic mass is 32.2. The first-order valence-electron chi connectivity index (χ1n) is 9.10. The highest BCUT2D eigenvalue weighted by Crippen LogP contribution is 2.29. The third-order valence-corrected chi connectivity index (χ3v) is 7.41. The maximum Gasteiger partial charge on any atom is 0.243 e. The Hall–Kier alpha value is -1.48. The fourth-order valence-corrected chi connectivity index (χ4v) is 5.22. The summed E-state index contributed by atoms with van der Waals surface area (Å²) in [6, 6.07) is 5.19. The molecule has 3 rings (SSSR count). The molecule has 0 saturated carbocycles. The molecule has 2 aliphatic heterocycles. The first-order valence-corrected chi connectivity index (χ1v) is 10.5. The number of likely N-dealkylation sites (N-methyl/N-ethyl adjacent to an activating group) is 2. The predicted octanol–water partition coefficient (Wildman–Crippen LogP) is 0.115. The van der Waals surface area contributed by atoms with Crippen molar-refractivity contribution in [3.05, 3.63) is 29.3 Å². The lowest BCUT2D eigenvalue weighted by Gasteiger charge is -2.35. The van der Waals surface area contributed by atoms with Gasteiger partial charge in [-0.05, 0) is 44.6 Å². The van der Waals surface area contributed by atoms with Crippen molar-refractivity contribution in [1.29, 1.82) is 0 Å². The van der Waals surface area contributed by atoms with Gasteiger partial charge in [0.25, 0.3) is 0 Å². The van der Waals surface area contributed by atoms with Gasteiger partial charge in [0.15, 0.2) is 0 Å². The van der Waals surface area contributed by atoms with Crippen LogP contribution in [-0.2, 0) is 27.8 Å². The van der Waals surface area contributed by atoms with Gasteiger partial charge in [-0.3, -0.25) is 4.79 Å². The van der Waals surface area contributed by atoms with E-state index in [4.69, 9.17) is 0 Å². The molecule has 1 N–H and O–H groups in total. The fraction of sp³-hybridized carbons (Fsp3) is 0.611. The number of nitrogens with zero attached hydrogens (tertiary/aromatic N) is 3. The molecule has 1 unspecified atom stereocenters. The number of carbonyl (C=O) groups is 1. The second kappa shape index (κ2) is 7.64. The minimum absolute atomic E-state index is 0.00458. The first-order chi connectivity index (χ1) is 12.3. The lowest BCUT2D eigenvalue weighted by molar-refractivity contribution is -0.133. The molecule has 26 heavy (non-hydrogen) atoms. The molecule has 2 aliphatic rings. The van der Waals surface area contributed by atoms with Gasteiger partial charge >= 0.3 is 0 Å². The summed E-state index contributed by atoms with van der Waals surface area (Å²) in [6.45, 7) is 5.27. The molecular formula is C18H28N4O3S. The summed E-state index contributed by atoms with van der Waals surface area (Å²) in [6.07, 6.45) is 0.684. The second-order valence-corrected chi connectivity index (χ2v) is 9.03. The maximum atomic E-state index is 13.2. The predicted molar refractivity (Wildman–Crippen MR) is 100 cm³/mol. The van der Waals surface area contributed by atoms with Crippen LogP contribution < -0.4 is 5.32 Å². The van der Waals surface area contributed by atoms with E-state index in [2.05, 4.69) is 10.2 Å². The van der Waals surface area contributed by atoms with E-state index in [1.54, 1.807) is 22.3 Å². The van der Waals surface area contributed by atoms with Gasteiger partial charge in [0.05, 0.1) is 10.9 Å². The van der Waals surface area contributed by atoms with Crippen LogP contribution in [0.25, 0.3) is 0 Å². The van der Waals surface area contributed by atoms with Crippen LogP contribution in [0.5, 0.6) is 0 Å². The Bertz CT molecular complexity index is 773. The number of carbonyl (C=O) groups excluding carboxylic acids is 1. The van der Waals surface area contributed by atoms with E-state index in [-0.39, 0.29) is 11.9 Å². The molecule has 0 spiro atoms. The normalized spacial score (nSPS) is 20.7. The zero-order valence-electron chi connectivity index (χ0n) is 15.7. The lowest BCUT2D eigenvalue weighted by atomic mass is 9.99. The molecule has 1 aromatic rings. The van der Waals surface area contributed by atoms with E-state index in [0.717, 1.165) is 24.2 Å². The standard InChI is InChI=1S/C18H28N4O3S/c1-14(19-2)18(23)21-8-7-15-5-4-6-17(16(15)13-21)26(24,25)22-11-9-20(3)10-12-22/h4-6,14,19H,7-13H2,1-3H3. The minimum Gasteiger partial charge on any atom is -0.337 e. The summed E-state index contributed by atoms with van der Waals surface area (Å²) in [4.78, 5) is 16.8. The molecule has 1 saturated heterocycles. The van der Waals surface area contributed by atoms with Crippen molar-refractivity contribution < 1.29 is 13.2 Å². The second-order valence-electron chi connectivity index (χ2n) is 7.12. The van der Waals surface area contributed by atoms with Gasteiger partial charge in [-0.25, -0.2) is 8.42 Å². The molecule has 1 aromatic carbocycles. The molecule has 1 fully saturated rings. The van der Waals surface area contributed by atoms with Gasteiger partial charge < -0.3 is 15.1 Å². The molecule has 0 aromatic heterocycles. The van der Waals surface area contributed by atoms with Crippen LogP contribution >= 0.6 is 0 Å². The molecular weight excluding hydrogens is 352 g/mol. The highest BCUT2D eigenvalue weighted by Gasteiger charge is 2.33. The average Bonchev–Trinajstić information content (AvgIpc) is 2.66. The summed E-state index contributed by atoms with van der Waals surface area (Å²) in [5, 5.41) is 2.96. The van der Waals surface area contributed by atoms with Gasteiger partial charge in [0.2, 0.25) is 15.9 Å². The lowest BCUT2D eigenvalue weighted by Crippen LogP contribution is -2.48. The number of hydrogen-bond donors (Lipinski definition) is 1. The Balaban J connectivity index is 1.90. The Morgan fingerprint density at radius 1 is 1.15 bits per heavy atom. The van der Waals surface area contributed by atoms with Gasteiger partial charge in [-0.2, -0.15) is 4.31 Å². The minimum atomic E-state index is -3.55. The summed E-state index contributed by atoms with van der Waals surface area (Å²) in [7, 11) is 0.206. The topological polar surface area (TPSA) is 73.0 Å². The van der Waals surface area contributed by atoms with Gasteiger partial charge in [0, 0.05) is 39.3 Å². The quantitative estimate of drug-likeness (QED) is 0.803. The third kappa shape index (κ3) is 3.64. The number of nitrogens with one attached hydrogen (secondary N) is 1. The van der Waals surface area contributed by atoms with E-state index >= 15 is 0 Å². The van der Waals surface area contributed by atoms with Gasteiger partial charge in [-0.15, -0.1) is 0 Å². The first kappa shape index (κ1) is 19.3. The summed E-state index contributed by atoms with van der Waals surface area (Å²) in [5.41, 5.74) is 1.80. The van der Waals surface area contributed by atoms with E-state index in [1.165, 1.54) is 0 Å². The number of benzene rings is 1. The number of fused-ring (bicyclic) bond motifs is 1. The van der Waals surface area contributed by atoms with Crippen molar-refractivity contribution in [2.75, 3.05) is 46.8 Å². The number of hydrogen-bond acceptors (Lipinski definition) is 5. The van der Waals surface area contributed by atoms with Crippen LogP contribution in [0, 0.1) is 0 Å². The molecule has 0 aliphatic carbocycles. The van der Waals surface area contributed by atoms with Gasteiger partial charge in [-0.1, -0.05) is 12.1 Å². The van der Waals surface area contributed by atoms with Crippen molar-refractivity contribution in [2.45, 2.75) is 30.8 Å². The average molecular weight is 381 g/mol. The number of amides is 1. The molecule has 0 radical (unpaired) electrons. The van der Waals surface area contributed by atoms with Crippen molar-refractivity contribution in [3.63, 3.8) is 0 Å². The van der Waals surface area contributed by atoms with Crippen LogP contribution in [0.2, 0.25) is 0 Å². The molecule has 0 bridgehead atoms. The van der Waals surface area contributed by atoms with Crippen molar-refractivity contribution in [1.82, 2.24) is 19.4 Å². The maximum absolute atomic E-state index is 13.2. The number of sulfonamides is 1. The van der Waals surface area contributed by atoms with Crippen LogP contribution in [0.4, 0.5) is 0 Å². The van der Waals surface area contributed by atoms with Crippen molar-refractivity contribution in [2.24, 2.45) is 0 Å². The Labute approximate surface area is 156 Å². The van der Waals surface area contributed by atoms with Crippen LogP contribution in [0.1, 0.15) is 18.1 Å². The highest BCUT2D eigenvalue weighted by molar-refractivity contribution is 7.89. The van der Waals surface area contributed by atoms with E-state index in [9.17, 15) is 13.2 Å². The molecule has 1 amide bonds. The Morgan fingerprint density at radius 3 is 2.50 bits per heavy atom. The smallest absolute Gasteiger partial charge is 0.243 e. The summed E-state index contributed by atoms with van der Waals surface area (Å²) < 4.78 is 28.0. The van der Waals surface area contributed by atoms with Crippen molar-refractivity contribution >= 4 is 15.9 Å². The zero-order chi connectivity index (χ0) is 18.9. The third-order valence-electron chi connectivity index (χ3n) is 5.43. The Kier molecular flexibility index (Phi) is 5.67. The van der Waals surface area contributed by atoms with E-state index in [0.29, 0.717) is 37.5 Å². The summed E-state index contributed by atoms with van der Waals surface area (Å²) in [5.74, 6) is 0.00458. The Morgan fingerprint density at radius 2 is 1.85 bits per heavy atom. The van der Waals surface area contributed by atoms with E-state index < -0.39 is 10.0 Å². The summed E-state index contributed by atoms with van der Waals surface area (Å²) >= 11 is 0. The van der Waals surface area contributed by atoms with Crippen LogP contribution in [0.3, 0.4) is 0 Å². The molecule has 8 heteroatoms. The fourth-order valence-electron chi connectivity index (χ4n) is 3.54. The number of rotatable bonds is 4. The molecule has 7 nitrogen and oxygen atoms in total. The SMILES string of the molecule is CNC(C)C(=O)N1CCc2cccc(S(=O)(=O)N3CCN(C)CC3)c2C1. The molecule has 2 heterocycles. The zero-order valence-corrected chi connectivity index (χ0v) is 16.6. The number of piperazine rings is 1. The van der Waals surface area contributed by atoms with Crippen molar-refractivity contribution in [3.8, 4) is 0 Å². The molecule has 1 atom stereocenters. The monoisotopic (exact) mass is 380 g/mol. The van der Waals surface area contributed by atoms with Crippen LogP contribution in [0.15, 0.2) is 23.1 Å². The largest absolute Gasteiger partial charge is 0.337 e. The van der Waals surface area contributed by atoms with Gasteiger partial charge in [0.1, 0.15) is 0 Å².